The van der Waals surface area contributed by atoms with Crippen molar-refractivity contribution in [3.05, 3.63) is 22.7 Å². The molecule has 0 amide bonds. The van der Waals surface area contributed by atoms with E-state index in [0.29, 0.717) is 35.2 Å². The number of halogens is 2. The van der Waals surface area contributed by atoms with Gasteiger partial charge in [-0.15, -0.1) is 12.4 Å². The van der Waals surface area contributed by atoms with Crippen LogP contribution in [0.4, 0.5) is 0 Å². The maximum absolute atomic E-state index is 6.34. The van der Waals surface area contributed by atoms with E-state index in [0.717, 1.165) is 25.2 Å². The van der Waals surface area contributed by atoms with Gasteiger partial charge in [0, 0.05) is 31.7 Å². The molecule has 0 saturated carbocycles. The Morgan fingerprint density at radius 3 is 2.73 bits per heavy atom. The maximum atomic E-state index is 6.34. The van der Waals surface area contributed by atoms with Crippen molar-refractivity contribution in [1.82, 2.24) is 10.2 Å². The Kier molecular flexibility index (Phi) is 7.77. The smallest absolute Gasteiger partial charge is 0.179 e. The Balaban J connectivity index is 0.00000242. The highest BCUT2D eigenvalue weighted by molar-refractivity contribution is 6.32. The number of ether oxygens (including phenoxy) is 2. The number of piperazine rings is 1. The molecule has 2 rings (SSSR count). The van der Waals surface area contributed by atoms with Crippen LogP contribution in [0.3, 0.4) is 0 Å². The van der Waals surface area contributed by atoms with Gasteiger partial charge in [0.2, 0.25) is 0 Å². The van der Waals surface area contributed by atoms with Gasteiger partial charge < -0.3 is 14.8 Å². The first-order valence-electron chi connectivity index (χ1n) is 7.51. The molecule has 6 heteroatoms. The van der Waals surface area contributed by atoms with Gasteiger partial charge in [-0.2, -0.15) is 0 Å². The minimum atomic E-state index is 0. The number of methoxy groups -OCH3 is 1. The monoisotopic (exact) mass is 348 g/mol. The van der Waals surface area contributed by atoms with Crippen LogP contribution in [-0.2, 0) is 6.54 Å². The number of rotatable bonds is 5. The number of hydrogen-bond donors (Lipinski definition) is 1. The molecule has 4 nitrogen and oxygen atoms in total. The van der Waals surface area contributed by atoms with Gasteiger partial charge in [0.05, 0.1) is 18.7 Å². The summed E-state index contributed by atoms with van der Waals surface area (Å²) in [4.78, 5) is 2.46. The van der Waals surface area contributed by atoms with Crippen molar-refractivity contribution in [2.24, 2.45) is 0 Å². The van der Waals surface area contributed by atoms with Crippen molar-refractivity contribution in [2.75, 3.05) is 26.8 Å². The number of nitrogens with zero attached hydrogens (tertiary/aromatic N) is 1. The van der Waals surface area contributed by atoms with Crippen molar-refractivity contribution in [3.63, 3.8) is 0 Å². The largest absolute Gasteiger partial charge is 0.493 e. The minimum absolute atomic E-state index is 0. The summed E-state index contributed by atoms with van der Waals surface area (Å²) in [7, 11) is 1.65. The van der Waals surface area contributed by atoms with Gasteiger partial charge in [0.1, 0.15) is 0 Å². The highest BCUT2D eigenvalue weighted by Gasteiger charge is 2.23. The Bertz CT molecular complexity index is 485. The molecule has 1 aliphatic heterocycles. The van der Waals surface area contributed by atoms with Gasteiger partial charge in [-0.25, -0.2) is 0 Å². The summed E-state index contributed by atoms with van der Waals surface area (Å²) in [5.74, 6) is 1.34. The molecule has 1 heterocycles. The van der Waals surface area contributed by atoms with E-state index >= 15 is 0 Å². The fourth-order valence-corrected chi connectivity index (χ4v) is 2.99. The summed E-state index contributed by atoms with van der Waals surface area (Å²) in [5.41, 5.74) is 1.15. The van der Waals surface area contributed by atoms with Crippen LogP contribution in [0.15, 0.2) is 12.1 Å². The van der Waals surface area contributed by atoms with Crippen molar-refractivity contribution in [1.29, 1.82) is 0 Å². The van der Waals surface area contributed by atoms with Crippen LogP contribution in [-0.4, -0.2) is 43.8 Å². The Labute approximate surface area is 144 Å². The molecule has 1 aromatic rings. The summed E-state index contributed by atoms with van der Waals surface area (Å²) in [5, 5.41) is 4.11. The quantitative estimate of drug-likeness (QED) is 0.884. The lowest BCUT2D eigenvalue weighted by Crippen LogP contribution is -2.53. The van der Waals surface area contributed by atoms with Gasteiger partial charge >= 0.3 is 0 Å². The van der Waals surface area contributed by atoms with Crippen LogP contribution in [0.25, 0.3) is 0 Å². The standard InChI is InChI=1S/C16H25ClN2O2.ClH/c1-5-21-16-14(17)6-13(7-15(16)20-4)10-19-9-11(2)18-8-12(19)3;/h6-7,11-12,18H,5,8-10H2,1-4H3;1H. The molecule has 126 valence electrons. The number of benzene rings is 1. The van der Waals surface area contributed by atoms with E-state index in [1.165, 1.54) is 0 Å². The first kappa shape index (κ1) is 19.4. The predicted octanol–water partition coefficient (Wildman–Crippen LogP) is 3.35. The average Bonchev–Trinajstić information content (AvgIpc) is 2.45. The fourth-order valence-electron chi connectivity index (χ4n) is 2.70. The van der Waals surface area contributed by atoms with Gasteiger partial charge in [-0.05, 0) is 38.5 Å². The molecule has 0 aromatic heterocycles. The summed E-state index contributed by atoms with van der Waals surface area (Å²) in [6.45, 7) is 9.89. The van der Waals surface area contributed by atoms with Crippen LogP contribution in [0.5, 0.6) is 11.5 Å². The van der Waals surface area contributed by atoms with Gasteiger partial charge in [-0.3, -0.25) is 4.90 Å². The molecule has 2 unspecified atom stereocenters. The molecule has 1 saturated heterocycles. The zero-order valence-corrected chi connectivity index (χ0v) is 15.3. The highest BCUT2D eigenvalue weighted by Crippen LogP contribution is 2.36. The topological polar surface area (TPSA) is 33.7 Å². The Hall–Kier alpha value is -0.680. The second-order valence-electron chi connectivity index (χ2n) is 5.63. The van der Waals surface area contributed by atoms with E-state index in [4.69, 9.17) is 21.1 Å². The molecular weight excluding hydrogens is 323 g/mol. The predicted molar refractivity (Wildman–Crippen MR) is 93.8 cm³/mol. The zero-order valence-electron chi connectivity index (χ0n) is 13.7. The van der Waals surface area contributed by atoms with Gasteiger partial charge in [0.15, 0.2) is 11.5 Å². The summed E-state index contributed by atoms with van der Waals surface area (Å²) in [6.07, 6.45) is 0. The van der Waals surface area contributed by atoms with Gasteiger partial charge in [-0.1, -0.05) is 11.6 Å². The van der Waals surface area contributed by atoms with Crippen LogP contribution in [0, 0.1) is 0 Å². The first-order valence-corrected chi connectivity index (χ1v) is 7.89. The number of nitrogens with one attached hydrogen (secondary N) is 1. The molecule has 0 aliphatic carbocycles. The first-order chi connectivity index (χ1) is 10.0. The van der Waals surface area contributed by atoms with Crippen molar-refractivity contribution < 1.29 is 9.47 Å². The molecule has 2 atom stereocenters. The summed E-state index contributed by atoms with van der Waals surface area (Å²) < 4.78 is 11.0. The molecule has 0 spiro atoms. The molecular formula is C16H26Cl2N2O2. The lowest BCUT2D eigenvalue weighted by molar-refractivity contribution is 0.138. The molecule has 1 aromatic carbocycles. The van der Waals surface area contributed by atoms with E-state index in [1.807, 2.05) is 19.1 Å². The minimum Gasteiger partial charge on any atom is -0.493 e. The third kappa shape index (κ3) is 4.66. The second kappa shape index (κ2) is 8.82. The van der Waals surface area contributed by atoms with E-state index in [2.05, 4.69) is 24.1 Å². The maximum Gasteiger partial charge on any atom is 0.179 e. The average molecular weight is 349 g/mol. The summed E-state index contributed by atoms with van der Waals surface area (Å²) >= 11 is 6.34. The van der Waals surface area contributed by atoms with Crippen molar-refractivity contribution >= 4 is 24.0 Å². The molecule has 0 radical (unpaired) electrons. The van der Waals surface area contributed by atoms with Gasteiger partial charge in [0.25, 0.3) is 0 Å². The lowest BCUT2D eigenvalue weighted by atomic mass is 10.1. The molecule has 1 fully saturated rings. The van der Waals surface area contributed by atoms with Crippen LogP contribution in [0.2, 0.25) is 5.02 Å². The van der Waals surface area contributed by atoms with E-state index < -0.39 is 0 Å². The SMILES string of the molecule is CCOc1c(Cl)cc(CN2CC(C)NCC2C)cc1OC.Cl. The van der Waals surface area contributed by atoms with E-state index in [1.54, 1.807) is 7.11 Å². The van der Waals surface area contributed by atoms with Crippen LogP contribution in [0.1, 0.15) is 26.3 Å². The van der Waals surface area contributed by atoms with Crippen molar-refractivity contribution in [3.8, 4) is 11.5 Å². The van der Waals surface area contributed by atoms with Crippen molar-refractivity contribution in [2.45, 2.75) is 39.4 Å². The molecule has 22 heavy (non-hydrogen) atoms. The molecule has 0 bridgehead atoms. The second-order valence-corrected chi connectivity index (χ2v) is 6.04. The normalized spacial score (nSPS) is 22.0. The Morgan fingerprint density at radius 1 is 1.36 bits per heavy atom. The Morgan fingerprint density at radius 2 is 2.09 bits per heavy atom. The van der Waals surface area contributed by atoms with E-state index in [-0.39, 0.29) is 12.4 Å². The number of hydrogen-bond acceptors (Lipinski definition) is 4. The molecule has 1 N–H and O–H groups in total. The zero-order chi connectivity index (χ0) is 15.4. The van der Waals surface area contributed by atoms with Crippen LogP contribution < -0.4 is 14.8 Å². The molecule has 1 aliphatic rings. The highest BCUT2D eigenvalue weighted by atomic mass is 35.5. The third-order valence-electron chi connectivity index (χ3n) is 3.86. The fraction of sp³-hybridized carbons (Fsp3) is 0.625. The van der Waals surface area contributed by atoms with E-state index in [9.17, 15) is 0 Å². The summed E-state index contributed by atoms with van der Waals surface area (Å²) in [6, 6.07) is 5.03. The third-order valence-corrected chi connectivity index (χ3v) is 4.14. The lowest BCUT2D eigenvalue weighted by Gasteiger charge is -2.37. The van der Waals surface area contributed by atoms with Crippen LogP contribution >= 0.6 is 24.0 Å².